The topological polar surface area (TPSA) is 21.8 Å². The monoisotopic (exact) mass is 486 g/mol. The Kier molecular flexibility index (Phi) is 5.80. The zero-order valence-electron chi connectivity index (χ0n) is 21.4. The van der Waals surface area contributed by atoms with Crippen molar-refractivity contribution in [2.45, 2.75) is 69.7 Å². The van der Waals surface area contributed by atoms with Crippen LogP contribution < -0.4 is 15.6 Å². The minimum absolute atomic E-state index is 0.158. The maximum Gasteiger partial charge on any atom is 0.192 e. The van der Waals surface area contributed by atoms with Crippen molar-refractivity contribution in [3.05, 3.63) is 91.0 Å². The van der Waals surface area contributed by atoms with E-state index in [0.717, 1.165) is 6.42 Å². The predicted molar refractivity (Wildman–Crippen MR) is 147 cm³/mol. The zero-order valence-corrected chi connectivity index (χ0v) is 23.4. The van der Waals surface area contributed by atoms with E-state index in [1.54, 1.807) is 0 Å². The molecule has 5 rings (SSSR count). The molecule has 4 atom stereocenters. The van der Waals surface area contributed by atoms with Gasteiger partial charge in [0.15, 0.2) is 16.4 Å². The highest BCUT2D eigenvalue weighted by Gasteiger charge is 2.78. The first-order valence-electron chi connectivity index (χ1n) is 12.7. The van der Waals surface area contributed by atoms with Crippen LogP contribution in [0.1, 0.15) is 34.1 Å². The Hall–Kier alpha value is -1.99. The van der Waals surface area contributed by atoms with Gasteiger partial charge in [-0.25, -0.2) is 0 Å². The van der Waals surface area contributed by atoms with Crippen LogP contribution in [0.3, 0.4) is 0 Å². The average molecular weight is 487 g/mol. The lowest BCUT2D eigenvalue weighted by molar-refractivity contribution is -0.0414. The summed E-state index contributed by atoms with van der Waals surface area (Å²) in [5.74, 6) is 0.496. The molecule has 3 aromatic carbocycles. The Balaban J connectivity index is 1.66. The SMILES string of the molecule is C[C@H]1C[C@@H](O[Si](C)(C)C(C)(C)C)[C@]12O[C@H]2[Si](c1ccccc1)(c1ccccc1)c1ccccc1. The van der Waals surface area contributed by atoms with Gasteiger partial charge >= 0.3 is 0 Å². The average Bonchev–Trinajstić information content (AvgIpc) is 3.60. The standard InChI is InChI=1S/C30H38O2Si2/c1-23-22-27(32-33(5,6)29(2,3)4)30(23)28(31-30)34(24-16-10-7-11-17-24,25-18-12-8-13-19-25)26-20-14-9-15-21-26/h7-21,23,27-28H,22H2,1-6H3/t23-,27+,28-,30+/m0/s1. The van der Waals surface area contributed by atoms with Crippen molar-refractivity contribution in [1.29, 1.82) is 0 Å². The first-order chi connectivity index (χ1) is 16.1. The summed E-state index contributed by atoms with van der Waals surface area (Å²) < 4.78 is 14.1. The first kappa shape index (κ1) is 23.7. The molecule has 1 aliphatic heterocycles. The summed E-state index contributed by atoms with van der Waals surface area (Å²) in [6.45, 7) is 14.1. The number of ether oxygens (including phenoxy) is 1. The van der Waals surface area contributed by atoms with Gasteiger partial charge in [0, 0.05) is 0 Å². The fraction of sp³-hybridized carbons (Fsp3) is 0.400. The Bertz CT molecular complexity index is 1030. The largest absolute Gasteiger partial charge is 0.411 e. The molecule has 34 heavy (non-hydrogen) atoms. The third-order valence-electron chi connectivity index (χ3n) is 8.84. The van der Waals surface area contributed by atoms with Crippen molar-refractivity contribution in [3.8, 4) is 0 Å². The molecule has 178 valence electrons. The molecule has 0 amide bonds. The molecule has 0 N–H and O–H groups in total. The van der Waals surface area contributed by atoms with E-state index in [4.69, 9.17) is 9.16 Å². The van der Waals surface area contributed by atoms with E-state index in [0.29, 0.717) is 5.92 Å². The lowest BCUT2D eigenvalue weighted by atomic mass is 9.72. The minimum atomic E-state index is -2.49. The second kappa shape index (κ2) is 8.30. The van der Waals surface area contributed by atoms with Crippen LogP contribution in [0.5, 0.6) is 0 Å². The van der Waals surface area contributed by atoms with Crippen LogP contribution in [0.25, 0.3) is 0 Å². The Morgan fingerprint density at radius 3 is 1.53 bits per heavy atom. The summed E-state index contributed by atoms with van der Waals surface area (Å²) in [7, 11) is -4.39. The maximum atomic E-state index is 7.06. The van der Waals surface area contributed by atoms with Crippen LogP contribution in [0.2, 0.25) is 18.1 Å². The van der Waals surface area contributed by atoms with E-state index < -0.39 is 16.4 Å². The number of benzene rings is 3. The summed E-state index contributed by atoms with van der Waals surface area (Å²) in [5.41, 5.74) is -0.0331. The Labute approximate surface area is 207 Å². The lowest BCUT2D eigenvalue weighted by Crippen LogP contribution is -2.74. The zero-order chi connectivity index (χ0) is 24.2. The third-order valence-corrected chi connectivity index (χ3v) is 18.4. The maximum absolute atomic E-state index is 7.06. The molecule has 1 saturated heterocycles. The smallest absolute Gasteiger partial charge is 0.192 e. The van der Waals surface area contributed by atoms with Gasteiger partial charge in [0.2, 0.25) is 0 Å². The molecule has 2 aliphatic rings. The fourth-order valence-corrected chi connectivity index (χ4v) is 12.7. The molecule has 1 spiro atoms. The molecule has 0 bridgehead atoms. The van der Waals surface area contributed by atoms with E-state index in [-0.39, 0.29) is 22.5 Å². The molecule has 1 heterocycles. The summed E-state index contributed by atoms with van der Waals surface area (Å²) >= 11 is 0. The van der Waals surface area contributed by atoms with E-state index in [9.17, 15) is 0 Å². The van der Waals surface area contributed by atoms with Crippen molar-refractivity contribution < 1.29 is 9.16 Å². The minimum Gasteiger partial charge on any atom is -0.411 e. The molecule has 4 heteroatoms. The molecule has 0 unspecified atom stereocenters. The van der Waals surface area contributed by atoms with Crippen LogP contribution in [-0.2, 0) is 9.16 Å². The van der Waals surface area contributed by atoms with Crippen LogP contribution in [0, 0.1) is 5.92 Å². The highest BCUT2D eigenvalue weighted by atomic mass is 28.4. The van der Waals surface area contributed by atoms with Gasteiger partial charge in [-0.05, 0) is 46.0 Å². The van der Waals surface area contributed by atoms with E-state index >= 15 is 0 Å². The number of epoxide rings is 1. The van der Waals surface area contributed by atoms with E-state index in [2.05, 4.69) is 132 Å². The second-order valence-electron chi connectivity index (χ2n) is 11.8. The molecule has 2 nitrogen and oxygen atoms in total. The number of rotatable bonds is 6. The van der Waals surface area contributed by atoms with Crippen molar-refractivity contribution in [1.82, 2.24) is 0 Å². The lowest BCUT2D eigenvalue weighted by Gasteiger charge is -2.49. The predicted octanol–water partition coefficient (Wildman–Crippen LogP) is 5.26. The van der Waals surface area contributed by atoms with Crippen molar-refractivity contribution >= 4 is 32.0 Å². The molecular weight excluding hydrogens is 449 g/mol. The van der Waals surface area contributed by atoms with Gasteiger partial charge in [0.25, 0.3) is 0 Å². The Morgan fingerprint density at radius 1 is 0.765 bits per heavy atom. The van der Waals surface area contributed by atoms with Gasteiger partial charge in [0.05, 0.1) is 11.8 Å². The van der Waals surface area contributed by atoms with Crippen molar-refractivity contribution in [2.24, 2.45) is 5.92 Å². The molecular formula is C30H38O2Si2. The van der Waals surface area contributed by atoms with Gasteiger partial charge in [0.1, 0.15) is 5.60 Å². The first-order valence-corrected chi connectivity index (χ1v) is 17.6. The summed E-state index contributed by atoms with van der Waals surface area (Å²) in [6, 6.07) is 33.5. The summed E-state index contributed by atoms with van der Waals surface area (Å²) in [5, 5.41) is 4.43. The third kappa shape index (κ3) is 3.50. The molecule has 3 aromatic rings. The van der Waals surface area contributed by atoms with E-state index in [1.807, 2.05) is 0 Å². The van der Waals surface area contributed by atoms with Crippen molar-refractivity contribution in [2.75, 3.05) is 0 Å². The quantitative estimate of drug-likeness (QED) is 0.269. The second-order valence-corrected chi connectivity index (χ2v) is 20.4. The number of hydrogen-bond donors (Lipinski definition) is 0. The normalized spacial score (nSPS) is 26.8. The van der Waals surface area contributed by atoms with Gasteiger partial charge in [-0.1, -0.05) is 119 Å². The summed E-state index contributed by atoms with van der Waals surface area (Å²) in [6.07, 6.45) is 1.27. The van der Waals surface area contributed by atoms with Crippen LogP contribution in [-0.4, -0.2) is 33.8 Å². The van der Waals surface area contributed by atoms with Crippen LogP contribution in [0.15, 0.2) is 91.0 Å². The highest BCUT2D eigenvalue weighted by Crippen LogP contribution is 2.61. The van der Waals surface area contributed by atoms with Gasteiger partial charge in [-0.2, -0.15) is 0 Å². The van der Waals surface area contributed by atoms with E-state index in [1.165, 1.54) is 15.6 Å². The number of hydrogen-bond acceptors (Lipinski definition) is 2. The van der Waals surface area contributed by atoms with Crippen LogP contribution in [0.4, 0.5) is 0 Å². The molecule has 1 saturated carbocycles. The van der Waals surface area contributed by atoms with Gasteiger partial charge in [-0.15, -0.1) is 0 Å². The van der Waals surface area contributed by atoms with Gasteiger partial charge in [-0.3, -0.25) is 0 Å². The molecule has 0 aromatic heterocycles. The van der Waals surface area contributed by atoms with Crippen LogP contribution >= 0.6 is 0 Å². The highest BCUT2D eigenvalue weighted by molar-refractivity contribution is 7.13. The fourth-order valence-electron chi connectivity index (χ4n) is 5.79. The molecule has 0 radical (unpaired) electrons. The van der Waals surface area contributed by atoms with Gasteiger partial charge < -0.3 is 9.16 Å². The summed E-state index contributed by atoms with van der Waals surface area (Å²) in [4.78, 5) is 0. The van der Waals surface area contributed by atoms with Crippen molar-refractivity contribution in [3.63, 3.8) is 0 Å². The Morgan fingerprint density at radius 2 is 1.18 bits per heavy atom. The molecule has 1 aliphatic carbocycles. The molecule has 2 fully saturated rings.